The number of carbonyl (C=O) groups excluding carboxylic acids is 2. The molecule has 0 saturated carbocycles. The monoisotopic (exact) mass is 435 g/mol. The van der Waals surface area contributed by atoms with E-state index in [2.05, 4.69) is 10.1 Å². The summed E-state index contributed by atoms with van der Waals surface area (Å²) in [5.74, 6) is -2.55. The third kappa shape index (κ3) is 5.97. The molecule has 28 heavy (non-hydrogen) atoms. The standard InChI is InChI=1S/C18H11Cl2F4NO3/c19-12-2-1-3-14(21)11(12)5-7-17(27)28-9-16(26)25-15-8-10(18(22,23)24)4-6-13(15)20/h1-8H,9H2,(H,25,26)/b7-5+. The molecule has 0 unspecified atom stereocenters. The van der Waals surface area contributed by atoms with Crippen LogP contribution in [0.25, 0.3) is 6.08 Å². The van der Waals surface area contributed by atoms with E-state index in [1.165, 1.54) is 12.1 Å². The molecule has 0 aliphatic rings. The minimum absolute atomic E-state index is 0.0404. The van der Waals surface area contributed by atoms with E-state index in [1.54, 1.807) is 0 Å². The highest BCUT2D eigenvalue weighted by molar-refractivity contribution is 6.33. The quantitative estimate of drug-likeness (QED) is 0.391. The molecule has 0 aromatic heterocycles. The normalized spacial score (nSPS) is 11.5. The van der Waals surface area contributed by atoms with Gasteiger partial charge in [0.1, 0.15) is 5.82 Å². The Labute approximate surface area is 166 Å². The van der Waals surface area contributed by atoms with Crippen LogP contribution >= 0.6 is 23.2 Å². The fourth-order valence-electron chi connectivity index (χ4n) is 1.99. The maximum atomic E-state index is 13.6. The SMILES string of the molecule is O=C(COC(=O)/C=C/c1c(F)cccc1Cl)Nc1cc(C(F)(F)F)ccc1Cl. The minimum atomic E-state index is -4.62. The van der Waals surface area contributed by atoms with Crippen molar-refractivity contribution in [1.82, 2.24) is 0 Å². The fourth-order valence-corrected chi connectivity index (χ4v) is 2.38. The Kier molecular flexibility index (Phi) is 7.04. The van der Waals surface area contributed by atoms with Gasteiger partial charge in [0, 0.05) is 11.6 Å². The molecule has 4 nitrogen and oxygen atoms in total. The Bertz CT molecular complexity index is 909. The van der Waals surface area contributed by atoms with E-state index in [-0.39, 0.29) is 21.3 Å². The first-order valence-electron chi connectivity index (χ1n) is 7.53. The minimum Gasteiger partial charge on any atom is -0.452 e. The lowest BCUT2D eigenvalue weighted by Gasteiger charge is -2.11. The summed E-state index contributed by atoms with van der Waals surface area (Å²) in [6, 6.07) is 6.34. The summed E-state index contributed by atoms with van der Waals surface area (Å²) in [5, 5.41) is 2.06. The van der Waals surface area contributed by atoms with E-state index in [4.69, 9.17) is 23.2 Å². The van der Waals surface area contributed by atoms with Crippen molar-refractivity contribution in [3.8, 4) is 0 Å². The average molecular weight is 436 g/mol. The van der Waals surface area contributed by atoms with Crippen LogP contribution in [0.15, 0.2) is 42.5 Å². The number of esters is 1. The van der Waals surface area contributed by atoms with Crippen LogP contribution in [-0.4, -0.2) is 18.5 Å². The second kappa shape index (κ2) is 9.07. The molecule has 0 spiro atoms. The van der Waals surface area contributed by atoms with Crippen molar-refractivity contribution in [3.05, 3.63) is 69.5 Å². The van der Waals surface area contributed by atoms with Gasteiger partial charge in [-0.05, 0) is 36.4 Å². The van der Waals surface area contributed by atoms with Crippen molar-refractivity contribution in [2.45, 2.75) is 6.18 Å². The summed E-state index contributed by atoms with van der Waals surface area (Å²) in [6.45, 7) is -0.791. The molecule has 1 N–H and O–H groups in total. The topological polar surface area (TPSA) is 55.4 Å². The number of amides is 1. The Hall–Kier alpha value is -2.58. The number of rotatable bonds is 5. The molecule has 2 aromatic rings. The van der Waals surface area contributed by atoms with Gasteiger partial charge in [-0.25, -0.2) is 9.18 Å². The lowest BCUT2D eigenvalue weighted by atomic mass is 10.2. The number of hydrogen-bond donors (Lipinski definition) is 1. The molecule has 0 atom stereocenters. The maximum absolute atomic E-state index is 13.6. The molecule has 0 heterocycles. The first-order chi connectivity index (χ1) is 13.1. The van der Waals surface area contributed by atoms with Gasteiger partial charge in [-0.1, -0.05) is 29.3 Å². The van der Waals surface area contributed by atoms with Crippen LogP contribution in [0.2, 0.25) is 10.0 Å². The third-order valence-electron chi connectivity index (χ3n) is 3.30. The van der Waals surface area contributed by atoms with Gasteiger partial charge in [0.05, 0.1) is 21.3 Å². The van der Waals surface area contributed by atoms with E-state index in [9.17, 15) is 27.2 Å². The zero-order valence-corrected chi connectivity index (χ0v) is 15.3. The van der Waals surface area contributed by atoms with Crippen molar-refractivity contribution in [2.24, 2.45) is 0 Å². The van der Waals surface area contributed by atoms with Gasteiger partial charge in [-0.2, -0.15) is 13.2 Å². The molecular weight excluding hydrogens is 425 g/mol. The van der Waals surface area contributed by atoms with Crippen molar-refractivity contribution >= 4 is 46.8 Å². The Morgan fingerprint density at radius 3 is 2.46 bits per heavy atom. The highest BCUT2D eigenvalue weighted by atomic mass is 35.5. The molecule has 2 rings (SSSR count). The van der Waals surface area contributed by atoms with Crippen LogP contribution in [0.5, 0.6) is 0 Å². The number of carbonyl (C=O) groups is 2. The average Bonchev–Trinajstić information content (AvgIpc) is 2.60. The maximum Gasteiger partial charge on any atom is 0.416 e. The number of halogens is 6. The molecule has 0 fully saturated rings. The lowest BCUT2D eigenvalue weighted by molar-refractivity contribution is -0.142. The summed E-state index contributed by atoms with van der Waals surface area (Å²) >= 11 is 11.5. The summed E-state index contributed by atoms with van der Waals surface area (Å²) in [4.78, 5) is 23.4. The van der Waals surface area contributed by atoms with Crippen molar-refractivity contribution < 1.29 is 31.9 Å². The van der Waals surface area contributed by atoms with Crippen LogP contribution in [-0.2, 0) is 20.5 Å². The fraction of sp³-hybridized carbons (Fsp3) is 0.111. The van der Waals surface area contributed by atoms with Gasteiger partial charge in [-0.15, -0.1) is 0 Å². The van der Waals surface area contributed by atoms with E-state index >= 15 is 0 Å². The van der Waals surface area contributed by atoms with Gasteiger partial charge in [-0.3, -0.25) is 4.79 Å². The summed E-state index contributed by atoms with van der Waals surface area (Å²) < 4.78 is 56.3. The van der Waals surface area contributed by atoms with Gasteiger partial charge >= 0.3 is 12.1 Å². The molecule has 0 radical (unpaired) electrons. The largest absolute Gasteiger partial charge is 0.452 e. The first-order valence-corrected chi connectivity index (χ1v) is 8.29. The molecule has 0 bridgehead atoms. The van der Waals surface area contributed by atoms with E-state index in [0.29, 0.717) is 6.07 Å². The van der Waals surface area contributed by atoms with Crippen LogP contribution in [0.4, 0.5) is 23.2 Å². The van der Waals surface area contributed by atoms with Gasteiger partial charge in [0.2, 0.25) is 0 Å². The number of nitrogens with one attached hydrogen (secondary N) is 1. The summed E-state index contributed by atoms with van der Waals surface area (Å²) in [5.41, 5.74) is -1.33. The highest BCUT2D eigenvalue weighted by Crippen LogP contribution is 2.33. The molecule has 0 aliphatic heterocycles. The summed E-state index contributed by atoms with van der Waals surface area (Å²) in [6.07, 6.45) is -2.69. The second-order valence-corrected chi connectivity index (χ2v) is 6.13. The first kappa shape index (κ1) is 21.7. The number of hydrogen-bond acceptors (Lipinski definition) is 3. The molecule has 0 saturated heterocycles. The number of anilines is 1. The predicted molar refractivity (Wildman–Crippen MR) is 96.5 cm³/mol. The van der Waals surface area contributed by atoms with Gasteiger partial charge in [0.25, 0.3) is 5.91 Å². The van der Waals surface area contributed by atoms with Gasteiger partial charge < -0.3 is 10.1 Å². The number of ether oxygens (including phenoxy) is 1. The van der Waals surface area contributed by atoms with Crippen LogP contribution in [0, 0.1) is 5.82 Å². The van der Waals surface area contributed by atoms with E-state index in [1.807, 2.05) is 0 Å². The second-order valence-electron chi connectivity index (χ2n) is 5.32. The zero-order chi connectivity index (χ0) is 20.9. The number of benzene rings is 2. The molecule has 0 aliphatic carbocycles. The van der Waals surface area contributed by atoms with Crippen molar-refractivity contribution in [2.75, 3.05) is 11.9 Å². The van der Waals surface area contributed by atoms with E-state index in [0.717, 1.165) is 30.4 Å². The summed E-state index contributed by atoms with van der Waals surface area (Å²) in [7, 11) is 0. The van der Waals surface area contributed by atoms with Gasteiger partial charge in [0.15, 0.2) is 6.61 Å². The third-order valence-corrected chi connectivity index (χ3v) is 3.96. The smallest absolute Gasteiger partial charge is 0.416 e. The van der Waals surface area contributed by atoms with Crippen LogP contribution < -0.4 is 5.32 Å². The predicted octanol–water partition coefficient (Wildman–Crippen LogP) is 5.35. The van der Waals surface area contributed by atoms with Crippen molar-refractivity contribution in [3.63, 3.8) is 0 Å². The molecule has 1 amide bonds. The van der Waals surface area contributed by atoms with Crippen molar-refractivity contribution in [1.29, 1.82) is 0 Å². The van der Waals surface area contributed by atoms with Crippen LogP contribution in [0.1, 0.15) is 11.1 Å². The van der Waals surface area contributed by atoms with E-state index < -0.39 is 36.0 Å². The lowest BCUT2D eigenvalue weighted by Crippen LogP contribution is -2.20. The highest BCUT2D eigenvalue weighted by Gasteiger charge is 2.31. The molecular formula is C18H11Cl2F4NO3. The van der Waals surface area contributed by atoms with Crippen LogP contribution in [0.3, 0.4) is 0 Å². The molecule has 2 aromatic carbocycles. The number of alkyl halides is 3. The molecule has 10 heteroatoms. The molecule has 148 valence electrons. The Balaban J connectivity index is 1.96. The zero-order valence-electron chi connectivity index (χ0n) is 13.8. The Morgan fingerprint density at radius 2 is 1.82 bits per heavy atom. The Morgan fingerprint density at radius 1 is 1.11 bits per heavy atom.